The van der Waals surface area contributed by atoms with Gasteiger partial charge in [0.05, 0.1) is 19.1 Å². The van der Waals surface area contributed by atoms with E-state index >= 15 is 0 Å². The first-order valence-electron chi connectivity index (χ1n) is 17.0. The third-order valence-corrected chi connectivity index (χ3v) is 8.64. The van der Waals surface area contributed by atoms with Crippen molar-refractivity contribution in [3.05, 3.63) is 121 Å². The number of amides is 3. The van der Waals surface area contributed by atoms with Gasteiger partial charge in [-0.15, -0.1) is 13.2 Å². The second-order valence-electron chi connectivity index (χ2n) is 12.3. The minimum Gasteiger partial charge on any atom is -0.459 e. The molecule has 0 spiro atoms. The lowest BCUT2D eigenvalue weighted by Crippen LogP contribution is -2.45. The molecule has 0 saturated carbocycles. The lowest BCUT2D eigenvalue weighted by molar-refractivity contribution is -0.151. The molecule has 0 aliphatic heterocycles. The molecule has 50 heavy (non-hydrogen) atoms. The number of aliphatic hydroxyl groups excluding tert-OH is 1. The Bertz CT molecular complexity index is 1580. The molecule has 0 saturated heterocycles. The van der Waals surface area contributed by atoms with Gasteiger partial charge in [0.2, 0.25) is 11.8 Å². The first kappa shape index (κ1) is 37.6. The summed E-state index contributed by atoms with van der Waals surface area (Å²) in [6.45, 7) is 9.42. The van der Waals surface area contributed by atoms with Gasteiger partial charge in [0.25, 0.3) is 0 Å². The number of nitrogens with zero attached hydrogens (tertiary/aromatic N) is 1. The molecule has 0 radical (unpaired) electrons. The van der Waals surface area contributed by atoms with Crippen molar-refractivity contribution in [2.24, 2.45) is 5.92 Å². The number of allylic oxidation sites excluding steroid dienone is 2. The molecule has 264 valence electrons. The predicted octanol–water partition coefficient (Wildman–Crippen LogP) is 5.51. The topological polar surface area (TPSA) is 134 Å². The Morgan fingerprint density at radius 3 is 2.18 bits per heavy atom. The van der Waals surface area contributed by atoms with E-state index in [1.54, 1.807) is 19.1 Å². The monoisotopic (exact) mass is 681 g/mol. The number of rotatable bonds is 19. The number of alkyl carbamates (subject to hydrolysis) is 1. The van der Waals surface area contributed by atoms with Gasteiger partial charge in [0.15, 0.2) is 0 Å². The number of ether oxygens (including phenoxy) is 2. The van der Waals surface area contributed by atoms with Gasteiger partial charge in [-0.2, -0.15) is 0 Å². The van der Waals surface area contributed by atoms with Gasteiger partial charge in [-0.1, -0.05) is 91.0 Å². The Labute approximate surface area is 294 Å². The van der Waals surface area contributed by atoms with Crippen molar-refractivity contribution in [2.45, 2.75) is 57.2 Å². The lowest BCUT2D eigenvalue weighted by Gasteiger charge is -2.25. The van der Waals surface area contributed by atoms with E-state index in [-0.39, 0.29) is 63.3 Å². The zero-order valence-electron chi connectivity index (χ0n) is 28.6. The molecular formula is C40H47N3O7. The average molecular weight is 682 g/mol. The van der Waals surface area contributed by atoms with Crippen LogP contribution in [0.3, 0.4) is 0 Å². The standard InChI is InChI=1S/C40H47N3O7/c1-4-6-21-36(42-40(48)49-27-35-33-19-12-10-17-31(33)32-18-11-13-20-34(32)35)39(47)50-28(3)25-41-38(46)30(14-5-2)24-37(45)43(22-23-44)26-29-15-8-7-9-16-29/h4-5,7-13,15-20,28,30,35-36,44H,1-2,6,14,21-27H2,3H3,(H,41,46)(H,42,48). The largest absolute Gasteiger partial charge is 0.459 e. The van der Waals surface area contributed by atoms with Gasteiger partial charge in [-0.25, -0.2) is 9.59 Å². The van der Waals surface area contributed by atoms with Crippen LogP contribution in [-0.4, -0.2) is 72.3 Å². The van der Waals surface area contributed by atoms with Crippen LogP contribution in [0.15, 0.2) is 104 Å². The first-order valence-corrected chi connectivity index (χ1v) is 17.0. The van der Waals surface area contributed by atoms with Crippen LogP contribution in [0.1, 0.15) is 55.2 Å². The fourth-order valence-electron chi connectivity index (χ4n) is 6.07. The van der Waals surface area contributed by atoms with Crippen molar-refractivity contribution in [2.75, 3.05) is 26.3 Å². The minimum absolute atomic E-state index is 0.00407. The Kier molecular flexibility index (Phi) is 14.4. The van der Waals surface area contributed by atoms with Gasteiger partial charge in [-0.05, 0) is 54.0 Å². The van der Waals surface area contributed by atoms with Gasteiger partial charge >= 0.3 is 12.1 Å². The van der Waals surface area contributed by atoms with Crippen LogP contribution in [0, 0.1) is 5.92 Å². The molecule has 1 aliphatic rings. The van der Waals surface area contributed by atoms with E-state index in [2.05, 4.69) is 35.9 Å². The molecule has 3 aromatic carbocycles. The summed E-state index contributed by atoms with van der Waals surface area (Å²) < 4.78 is 11.2. The number of carbonyl (C=O) groups is 4. The highest BCUT2D eigenvalue weighted by atomic mass is 16.6. The summed E-state index contributed by atoms with van der Waals surface area (Å²) in [5.74, 6) is -2.15. The van der Waals surface area contributed by atoms with Crippen molar-refractivity contribution in [3.63, 3.8) is 0 Å². The van der Waals surface area contributed by atoms with E-state index in [0.717, 1.165) is 27.8 Å². The maximum atomic E-state index is 13.2. The molecule has 0 heterocycles. The number of carbonyl (C=O) groups excluding carboxylic acids is 4. The predicted molar refractivity (Wildman–Crippen MR) is 192 cm³/mol. The first-order chi connectivity index (χ1) is 24.2. The summed E-state index contributed by atoms with van der Waals surface area (Å²) in [5.41, 5.74) is 5.29. The highest BCUT2D eigenvalue weighted by molar-refractivity contribution is 5.86. The smallest absolute Gasteiger partial charge is 0.407 e. The molecule has 3 unspecified atom stereocenters. The summed E-state index contributed by atoms with van der Waals surface area (Å²) in [6, 6.07) is 24.5. The normalized spacial score (nSPS) is 13.5. The molecule has 4 rings (SSSR count). The lowest BCUT2D eigenvalue weighted by atomic mass is 9.98. The summed E-state index contributed by atoms with van der Waals surface area (Å²) in [5, 5.41) is 15.0. The van der Waals surface area contributed by atoms with Crippen LogP contribution >= 0.6 is 0 Å². The average Bonchev–Trinajstić information content (AvgIpc) is 3.44. The number of esters is 1. The van der Waals surface area contributed by atoms with Crippen LogP contribution in [0.25, 0.3) is 11.1 Å². The Morgan fingerprint density at radius 1 is 0.920 bits per heavy atom. The molecule has 3 aromatic rings. The molecule has 0 bridgehead atoms. The number of hydrogen-bond donors (Lipinski definition) is 3. The Morgan fingerprint density at radius 2 is 1.56 bits per heavy atom. The third-order valence-electron chi connectivity index (χ3n) is 8.64. The van der Waals surface area contributed by atoms with E-state index < -0.39 is 30.1 Å². The third kappa shape index (κ3) is 10.4. The Balaban J connectivity index is 1.28. The quantitative estimate of drug-likeness (QED) is 0.112. The molecule has 3 N–H and O–H groups in total. The van der Waals surface area contributed by atoms with Crippen LogP contribution in [-0.2, 0) is 30.4 Å². The zero-order valence-corrected chi connectivity index (χ0v) is 28.6. The zero-order chi connectivity index (χ0) is 35.9. The maximum absolute atomic E-state index is 13.2. The van der Waals surface area contributed by atoms with Gasteiger partial charge in [-0.3, -0.25) is 9.59 Å². The SMILES string of the molecule is C=CCCC(NC(=O)OCC1c2ccccc2-c2ccccc21)C(=O)OC(C)CNC(=O)C(CC=C)CC(=O)N(CCO)Cc1ccccc1. The van der Waals surface area contributed by atoms with Crippen molar-refractivity contribution in [3.8, 4) is 11.1 Å². The summed E-state index contributed by atoms with van der Waals surface area (Å²) in [4.78, 5) is 54.0. The fraction of sp³-hybridized carbons (Fsp3) is 0.350. The molecule has 10 heteroatoms. The van der Waals surface area contributed by atoms with Crippen molar-refractivity contribution >= 4 is 23.9 Å². The van der Waals surface area contributed by atoms with Crippen LogP contribution in [0.5, 0.6) is 0 Å². The van der Waals surface area contributed by atoms with E-state index in [0.29, 0.717) is 13.0 Å². The molecular weight excluding hydrogens is 634 g/mol. The summed E-state index contributed by atoms with van der Waals surface area (Å²) in [6.07, 6.45) is 2.64. The summed E-state index contributed by atoms with van der Waals surface area (Å²) >= 11 is 0. The fourth-order valence-corrected chi connectivity index (χ4v) is 6.07. The number of aliphatic hydroxyl groups is 1. The highest BCUT2D eigenvalue weighted by Crippen LogP contribution is 2.44. The maximum Gasteiger partial charge on any atom is 0.407 e. The second-order valence-corrected chi connectivity index (χ2v) is 12.3. The number of benzene rings is 3. The second kappa shape index (κ2) is 19.1. The summed E-state index contributed by atoms with van der Waals surface area (Å²) in [7, 11) is 0. The van der Waals surface area contributed by atoms with Gasteiger partial charge in [0, 0.05) is 25.4 Å². The highest BCUT2D eigenvalue weighted by Gasteiger charge is 2.31. The molecule has 10 nitrogen and oxygen atoms in total. The van der Waals surface area contributed by atoms with Crippen LogP contribution < -0.4 is 10.6 Å². The number of hydrogen-bond acceptors (Lipinski definition) is 7. The van der Waals surface area contributed by atoms with Crippen molar-refractivity contribution < 1.29 is 33.8 Å². The van der Waals surface area contributed by atoms with E-state index in [4.69, 9.17) is 9.47 Å². The molecule has 3 amide bonds. The van der Waals surface area contributed by atoms with Crippen LogP contribution in [0.2, 0.25) is 0 Å². The molecule has 1 aliphatic carbocycles. The number of nitrogens with one attached hydrogen (secondary N) is 2. The van der Waals surface area contributed by atoms with Crippen molar-refractivity contribution in [1.82, 2.24) is 15.5 Å². The van der Waals surface area contributed by atoms with Gasteiger partial charge < -0.3 is 30.1 Å². The minimum atomic E-state index is -0.991. The van der Waals surface area contributed by atoms with Gasteiger partial charge in [0.1, 0.15) is 18.8 Å². The number of fused-ring (bicyclic) bond motifs is 3. The Hall–Kier alpha value is -5.22. The molecule has 3 atom stereocenters. The van der Waals surface area contributed by atoms with Crippen molar-refractivity contribution in [1.29, 1.82) is 0 Å². The molecule has 0 aromatic heterocycles. The van der Waals surface area contributed by atoms with E-state index in [9.17, 15) is 24.3 Å². The molecule has 0 fully saturated rings. The van der Waals surface area contributed by atoms with E-state index in [1.165, 1.54) is 4.90 Å². The van der Waals surface area contributed by atoms with E-state index in [1.807, 2.05) is 66.7 Å². The van der Waals surface area contributed by atoms with Crippen LogP contribution in [0.4, 0.5) is 4.79 Å².